The van der Waals surface area contributed by atoms with Gasteiger partial charge in [0.2, 0.25) is 0 Å². The molecule has 0 aliphatic rings. The van der Waals surface area contributed by atoms with Crippen LogP contribution in [0.2, 0.25) is 0 Å². The highest BCUT2D eigenvalue weighted by molar-refractivity contribution is 5.13. The lowest BCUT2D eigenvalue weighted by Crippen LogP contribution is -1.98. The van der Waals surface area contributed by atoms with E-state index in [1.54, 1.807) is 7.11 Å². The van der Waals surface area contributed by atoms with Crippen LogP contribution >= 0.6 is 0 Å². The first-order valence-electron chi connectivity index (χ1n) is 4.69. The third-order valence-electron chi connectivity index (χ3n) is 1.70. The lowest BCUT2D eigenvalue weighted by Gasteiger charge is -2.07. The van der Waals surface area contributed by atoms with Crippen molar-refractivity contribution in [2.75, 3.05) is 7.11 Å². The van der Waals surface area contributed by atoms with Crippen LogP contribution in [0.15, 0.2) is 18.3 Å². The fourth-order valence-electron chi connectivity index (χ4n) is 0.840. The second kappa shape index (κ2) is 6.61. The van der Waals surface area contributed by atoms with Gasteiger partial charge in [0, 0.05) is 13.3 Å². The zero-order valence-corrected chi connectivity index (χ0v) is 9.16. The van der Waals surface area contributed by atoms with Gasteiger partial charge in [-0.1, -0.05) is 19.9 Å². The molecule has 74 valence electrons. The number of pyridine rings is 1. The Labute approximate surface area is 81.0 Å². The van der Waals surface area contributed by atoms with Crippen molar-refractivity contribution in [3.05, 3.63) is 29.6 Å². The normalized spacial score (nSPS) is 11.5. The van der Waals surface area contributed by atoms with Crippen molar-refractivity contribution in [1.82, 2.24) is 4.98 Å². The summed E-state index contributed by atoms with van der Waals surface area (Å²) in [4.78, 5) is 4.22. The van der Waals surface area contributed by atoms with Crippen LogP contribution in [0, 0.1) is 6.92 Å². The molecule has 1 aromatic rings. The van der Waals surface area contributed by atoms with Gasteiger partial charge in [-0.25, -0.2) is 0 Å². The van der Waals surface area contributed by atoms with E-state index >= 15 is 0 Å². The van der Waals surface area contributed by atoms with Crippen LogP contribution < -0.4 is 0 Å². The number of aryl methyl sites for hydroxylation is 1. The van der Waals surface area contributed by atoms with E-state index in [9.17, 15) is 0 Å². The van der Waals surface area contributed by atoms with Gasteiger partial charge in [-0.3, -0.25) is 4.98 Å². The van der Waals surface area contributed by atoms with Gasteiger partial charge in [0.25, 0.3) is 0 Å². The molecular weight excluding hydrogens is 162 g/mol. The maximum Gasteiger partial charge on any atom is 0.0962 e. The first-order chi connectivity index (χ1) is 6.24. The zero-order valence-electron chi connectivity index (χ0n) is 9.16. The summed E-state index contributed by atoms with van der Waals surface area (Å²) in [6.07, 6.45) is 1.95. The highest BCUT2D eigenvalue weighted by Gasteiger charge is 2.02. The molecule has 2 nitrogen and oxygen atoms in total. The smallest absolute Gasteiger partial charge is 0.0962 e. The molecule has 0 aliphatic heterocycles. The predicted octanol–water partition coefficient (Wildman–Crippen LogP) is 3.12. The lowest BCUT2D eigenvalue weighted by molar-refractivity contribution is 0.116. The predicted molar refractivity (Wildman–Crippen MR) is 55.7 cm³/mol. The van der Waals surface area contributed by atoms with E-state index < -0.39 is 0 Å². The van der Waals surface area contributed by atoms with Crippen LogP contribution in [-0.2, 0) is 4.74 Å². The summed E-state index contributed by atoms with van der Waals surface area (Å²) < 4.78 is 5.11. The molecule has 1 unspecified atom stereocenters. The van der Waals surface area contributed by atoms with Gasteiger partial charge in [-0.2, -0.15) is 0 Å². The molecule has 1 heterocycles. The van der Waals surface area contributed by atoms with E-state index in [4.69, 9.17) is 4.74 Å². The van der Waals surface area contributed by atoms with Crippen LogP contribution in [0.4, 0.5) is 0 Å². The molecule has 1 rings (SSSR count). The molecule has 0 saturated heterocycles. The van der Waals surface area contributed by atoms with Crippen LogP contribution in [-0.4, -0.2) is 12.1 Å². The molecule has 0 aliphatic carbocycles. The Balaban J connectivity index is 0.000000671. The first kappa shape index (κ1) is 12.1. The third kappa shape index (κ3) is 4.04. The summed E-state index contributed by atoms with van der Waals surface area (Å²) in [6.45, 7) is 8.01. The van der Waals surface area contributed by atoms with E-state index in [0.717, 1.165) is 5.69 Å². The maximum atomic E-state index is 5.11. The highest BCUT2D eigenvalue weighted by Crippen LogP contribution is 2.12. The van der Waals surface area contributed by atoms with E-state index in [1.807, 2.05) is 46.0 Å². The Morgan fingerprint density at radius 3 is 2.31 bits per heavy atom. The summed E-state index contributed by atoms with van der Waals surface area (Å²) in [5, 5.41) is 0. The van der Waals surface area contributed by atoms with Gasteiger partial charge in [-0.05, 0) is 25.5 Å². The molecule has 2 heteroatoms. The number of ether oxygens (including phenoxy) is 1. The summed E-state index contributed by atoms with van der Waals surface area (Å²) >= 11 is 0. The average molecular weight is 181 g/mol. The van der Waals surface area contributed by atoms with Gasteiger partial charge in [-0.15, -0.1) is 0 Å². The first-order valence-corrected chi connectivity index (χ1v) is 4.69. The molecule has 13 heavy (non-hydrogen) atoms. The van der Waals surface area contributed by atoms with Crippen LogP contribution in [0.1, 0.15) is 38.1 Å². The topological polar surface area (TPSA) is 22.1 Å². The molecule has 0 fully saturated rings. The van der Waals surface area contributed by atoms with E-state index in [-0.39, 0.29) is 6.10 Å². The minimum Gasteiger partial charge on any atom is -0.375 e. The van der Waals surface area contributed by atoms with E-state index in [1.165, 1.54) is 5.56 Å². The Morgan fingerprint density at radius 2 is 1.92 bits per heavy atom. The molecule has 1 aromatic heterocycles. The number of hydrogen-bond donors (Lipinski definition) is 0. The molecule has 0 bridgehead atoms. The van der Waals surface area contributed by atoms with Gasteiger partial charge >= 0.3 is 0 Å². The quantitative estimate of drug-likeness (QED) is 0.699. The van der Waals surface area contributed by atoms with Gasteiger partial charge in [0.1, 0.15) is 0 Å². The number of hydrogen-bond acceptors (Lipinski definition) is 2. The second-order valence-electron chi connectivity index (χ2n) is 2.64. The number of nitrogens with zero attached hydrogens (tertiary/aromatic N) is 1. The van der Waals surface area contributed by atoms with Gasteiger partial charge < -0.3 is 4.74 Å². The Hall–Kier alpha value is -0.890. The van der Waals surface area contributed by atoms with Crippen molar-refractivity contribution in [2.45, 2.75) is 33.8 Å². The molecule has 0 radical (unpaired) electrons. The minimum absolute atomic E-state index is 0.0931. The molecule has 0 saturated carbocycles. The number of methoxy groups -OCH3 is 1. The van der Waals surface area contributed by atoms with Crippen LogP contribution in [0.5, 0.6) is 0 Å². The molecule has 0 N–H and O–H groups in total. The number of aromatic nitrogens is 1. The zero-order chi connectivity index (χ0) is 10.3. The van der Waals surface area contributed by atoms with Crippen LogP contribution in [0.3, 0.4) is 0 Å². The Bertz CT molecular complexity index is 218. The highest BCUT2D eigenvalue weighted by atomic mass is 16.5. The van der Waals surface area contributed by atoms with Crippen molar-refractivity contribution >= 4 is 0 Å². The monoisotopic (exact) mass is 181 g/mol. The fraction of sp³-hybridized carbons (Fsp3) is 0.545. The second-order valence-corrected chi connectivity index (χ2v) is 2.64. The third-order valence-corrected chi connectivity index (χ3v) is 1.70. The molecule has 0 amide bonds. The van der Waals surface area contributed by atoms with Crippen molar-refractivity contribution in [1.29, 1.82) is 0 Å². The van der Waals surface area contributed by atoms with E-state index in [2.05, 4.69) is 4.98 Å². The van der Waals surface area contributed by atoms with Gasteiger partial charge in [0.15, 0.2) is 0 Å². The van der Waals surface area contributed by atoms with Gasteiger partial charge in [0.05, 0.1) is 11.8 Å². The fourth-order valence-corrected chi connectivity index (χ4v) is 0.840. The Morgan fingerprint density at radius 1 is 1.31 bits per heavy atom. The molecular formula is C11H19NO. The van der Waals surface area contributed by atoms with Crippen molar-refractivity contribution in [2.24, 2.45) is 0 Å². The Kier molecular flexibility index (Phi) is 6.15. The minimum atomic E-state index is 0.0931. The SMILES string of the molecule is CC.COC(C)c1ccc(C)cn1. The summed E-state index contributed by atoms with van der Waals surface area (Å²) in [6, 6.07) is 4.03. The summed E-state index contributed by atoms with van der Waals surface area (Å²) in [5.74, 6) is 0. The largest absolute Gasteiger partial charge is 0.375 e. The van der Waals surface area contributed by atoms with Crippen LogP contribution in [0.25, 0.3) is 0 Å². The standard InChI is InChI=1S/C9H13NO.C2H6/c1-7-4-5-9(10-6-7)8(2)11-3;1-2/h4-6,8H,1-3H3;1-2H3. The van der Waals surface area contributed by atoms with Crippen molar-refractivity contribution in [3.8, 4) is 0 Å². The average Bonchev–Trinajstić information content (AvgIpc) is 2.21. The molecule has 1 atom stereocenters. The molecule has 0 spiro atoms. The van der Waals surface area contributed by atoms with Crippen molar-refractivity contribution < 1.29 is 4.74 Å². The van der Waals surface area contributed by atoms with E-state index in [0.29, 0.717) is 0 Å². The molecule has 0 aromatic carbocycles. The summed E-state index contributed by atoms with van der Waals surface area (Å²) in [5.41, 5.74) is 2.16. The summed E-state index contributed by atoms with van der Waals surface area (Å²) in [7, 11) is 1.69. The van der Waals surface area contributed by atoms with Crippen molar-refractivity contribution in [3.63, 3.8) is 0 Å². The lowest BCUT2D eigenvalue weighted by atomic mass is 10.2. The number of rotatable bonds is 2. The maximum absolute atomic E-state index is 5.11.